The maximum absolute atomic E-state index is 6.08. The zero-order valence-corrected chi connectivity index (χ0v) is 11.6. The molecule has 3 heteroatoms. The quantitative estimate of drug-likeness (QED) is 0.880. The Morgan fingerprint density at radius 2 is 2.17 bits per heavy atom. The van der Waals surface area contributed by atoms with Crippen molar-refractivity contribution in [2.24, 2.45) is 11.7 Å². The highest BCUT2D eigenvalue weighted by atomic mass is 15.0. The molecule has 3 nitrogen and oxygen atoms in total. The Bertz CT molecular complexity index is 513. The van der Waals surface area contributed by atoms with Crippen LogP contribution in [0.2, 0.25) is 0 Å². The van der Waals surface area contributed by atoms with Crippen molar-refractivity contribution >= 4 is 11.0 Å². The van der Waals surface area contributed by atoms with Crippen molar-refractivity contribution in [3.8, 4) is 0 Å². The standard InChI is InChI=1S/C15H23N3/c1-4-13(16)8-12-10-18(9-11(2)3)15-14(12)6-5-7-17-15/h5-7,10-11,13H,4,8-9,16H2,1-3H3. The van der Waals surface area contributed by atoms with Crippen LogP contribution in [-0.4, -0.2) is 15.6 Å². The number of fused-ring (bicyclic) bond motifs is 1. The fourth-order valence-corrected chi connectivity index (χ4v) is 2.32. The number of aromatic nitrogens is 2. The Balaban J connectivity index is 2.40. The van der Waals surface area contributed by atoms with Crippen molar-refractivity contribution < 1.29 is 0 Å². The van der Waals surface area contributed by atoms with Gasteiger partial charge in [0, 0.05) is 30.4 Å². The summed E-state index contributed by atoms with van der Waals surface area (Å²) in [5.74, 6) is 0.621. The van der Waals surface area contributed by atoms with Gasteiger partial charge in [0.05, 0.1) is 0 Å². The maximum Gasteiger partial charge on any atom is 0.140 e. The van der Waals surface area contributed by atoms with Crippen LogP contribution in [0, 0.1) is 5.92 Å². The zero-order chi connectivity index (χ0) is 13.1. The van der Waals surface area contributed by atoms with Gasteiger partial charge in [-0.3, -0.25) is 0 Å². The molecule has 0 saturated carbocycles. The predicted molar refractivity (Wildman–Crippen MR) is 76.5 cm³/mol. The molecule has 2 N–H and O–H groups in total. The lowest BCUT2D eigenvalue weighted by Gasteiger charge is -2.07. The average Bonchev–Trinajstić information content (AvgIpc) is 2.67. The van der Waals surface area contributed by atoms with Gasteiger partial charge >= 0.3 is 0 Å². The van der Waals surface area contributed by atoms with Gasteiger partial charge in [0.15, 0.2) is 0 Å². The molecule has 0 aliphatic heterocycles. The SMILES string of the molecule is CCC(N)Cc1cn(CC(C)C)c2ncccc12. The van der Waals surface area contributed by atoms with E-state index in [1.807, 2.05) is 12.3 Å². The molecule has 0 spiro atoms. The Kier molecular flexibility index (Phi) is 4.02. The largest absolute Gasteiger partial charge is 0.332 e. The third kappa shape index (κ3) is 2.72. The number of hydrogen-bond acceptors (Lipinski definition) is 2. The number of rotatable bonds is 5. The summed E-state index contributed by atoms with van der Waals surface area (Å²) in [6.45, 7) is 7.60. The fraction of sp³-hybridized carbons (Fsp3) is 0.533. The molecular formula is C15H23N3. The van der Waals surface area contributed by atoms with Gasteiger partial charge in [-0.05, 0) is 36.5 Å². The van der Waals surface area contributed by atoms with Gasteiger partial charge in [0.25, 0.3) is 0 Å². The van der Waals surface area contributed by atoms with Gasteiger partial charge in [0.2, 0.25) is 0 Å². The molecule has 0 aromatic carbocycles. The first-order valence-electron chi connectivity index (χ1n) is 6.80. The van der Waals surface area contributed by atoms with Crippen molar-refractivity contribution in [3.63, 3.8) is 0 Å². The van der Waals surface area contributed by atoms with Crippen LogP contribution < -0.4 is 5.73 Å². The normalized spacial score (nSPS) is 13.4. The van der Waals surface area contributed by atoms with E-state index in [1.54, 1.807) is 0 Å². The highest BCUT2D eigenvalue weighted by Crippen LogP contribution is 2.21. The lowest BCUT2D eigenvalue weighted by Crippen LogP contribution is -2.21. The summed E-state index contributed by atoms with van der Waals surface area (Å²) in [6, 6.07) is 4.39. The summed E-state index contributed by atoms with van der Waals surface area (Å²) in [5, 5.41) is 1.25. The Labute approximate surface area is 109 Å². The molecule has 2 aromatic heterocycles. The first-order valence-corrected chi connectivity index (χ1v) is 6.80. The van der Waals surface area contributed by atoms with Gasteiger partial charge in [-0.25, -0.2) is 4.98 Å². The molecule has 1 atom stereocenters. The van der Waals surface area contributed by atoms with Crippen LogP contribution in [0.5, 0.6) is 0 Å². The lowest BCUT2D eigenvalue weighted by atomic mass is 10.1. The van der Waals surface area contributed by atoms with E-state index >= 15 is 0 Å². The number of nitrogens with two attached hydrogens (primary N) is 1. The Morgan fingerprint density at radius 3 is 2.83 bits per heavy atom. The molecule has 2 rings (SSSR count). The van der Waals surface area contributed by atoms with Gasteiger partial charge < -0.3 is 10.3 Å². The topological polar surface area (TPSA) is 43.8 Å². The van der Waals surface area contributed by atoms with E-state index in [9.17, 15) is 0 Å². The molecule has 0 bridgehead atoms. The minimum atomic E-state index is 0.239. The number of nitrogens with zero attached hydrogens (tertiary/aromatic N) is 2. The summed E-state index contributed by atoms with van der Waals surface area (Å²) < 4.78 is 2.26. The summed E-state index contributed by atoms with van der Waals surface area (Å²) >= 11 is 0. The van der Waals surface area contributed by atoms with Gasteiger partial charge in [0.1, 0.15) is 5.65 Å². The average molecular weight is 245 g/mol. The van der Waals surface area contributed by atoms with Crippen LogP contribution >= 0.6 is 0 Å². The van der Waals surface area contributed by atoms with Crippen LogP contribution in [0.4, 0.5) is 0 Å². The molecular weight excluding hydrogens is 222 g/mol. The van der Waals surface area contributed by atoms with Gasteiger partial charge in [-0.1, -0.05) is 20.8 Å². The third-order valence-electron chi connectivity index (χ3n) is 3.28. The van der Waals surface area contributed by atoms with Crippen molar-refractivity contribution in [3.05, 3.63) is 30.1 Å². The second kappa shape index (κ2) is 5.53. The second-order valence-electron chi connectivity index (χ2n) is 5.45. The van der Waals surface area contributed by atoms with Gasteiger partial charge in [-0.2, -0.15) is 0 Å². The number of hydrogen-bond donors (Lipinski definition) is 1. The molecule has 2 aromatic rings. The number of pyridine rings is 1. The smallest absolute Gasteiger partial charge is 0.140 e. The van der Waals surface area contributed by atoms with E-state index in [1.165, 1.54) is 10.9 Å². The van der Waals surface area contributed by atoms with E-state index in [0.29, 0.717) is 5.92 Å². The molecule has 1 unspecified atom stereocenters. The van der Waals surface area contributed by atoms with Crippen molar-refractivity contribution in [2.45, 2.75) is 46.2 Å². The second-order valence-corrected chi connectivity index (χ2v) is 5.45. The molecule has 98 valence electrons. The van der Waals surface area contributed by atoms with Gasteiger partial charge in [-0.15, -0.1) is 0 Å². The minimum absolute atomic E-state index is 0.239. The van der Waals surface area contributed by atoms with Crippen LogP contribution in [-0.2, 0) is 13.0 Å². The van der Waals surface area contributed by atoms with Crippen LogP contribution in [0.1, 0.15) is 32.8 Å². The molecule has 0 aliphatic rings. The summed E-state index contributed by atoms with van der Waals surface area (Å²) in [6.07, 6.45) is 6.04. The molecule has 0 saturated heterocycles. The van der Waals surface area contributed by atoms with E-state index in [0.717, 1.165) is 25.0 Å². The molecule has 0 aliphatic carbocycles. The molecule has 2 heterocycles. The zero-order valence-electron chi connectivity index (χ0n) is 11.6. The van der Waals surface area contributed by atoms with Crippen LogP contribution in [0.3, 0.4) is 0 Å². The maximum atomic E-state index is 6.08. The lowest BCUT2D eigenvalue weighted by molar-refractivity contribution is 0.531. The monoisotopic (exact) mass is 245 g/mol. The highest BCUT2D eigenvalue weighted by molar-refractivity contribution is 5.80. The molecule has 18 heavy (non-hydrogen) atoms. The van der Waals surface area contributed by atoms with Crippen LogP contribution in [0.25, 0.3) is 11.0 Å². The summed E-state index contributed by atoms with van der Waals surface area (Å²) in [7, 11) is 0. The van der Waals surface area contributed by atoms with E-state index < -0.39 is 0 Å². The predicted octanol–water partition coefficient (Wildman–Crippen LogP) is 2.97. The van der Waals surface area contributed by atoms with E-state index in [2.05, 4.69) is 42.6 Å². The molecule has 0 amide bonds. The Morgan fingerprint density at radius 1 is 1.39 bits per heavy atom. The summed E-state index contributed by atoms with van der Waals surface area (Å²) in [4.78, 5) is 4.51. The van der Waals surface area contributed by atoms with E-state index in [4.69, 9.17) is 5.73 Å². The molecule has 0 radical (unpaired) electrons. The third-order valence-corrected chi connectivity index (χ3v) is 3.28. The fourth-order valence-electron chi connectivity index (χ4n) is 2.32. The van der Waals surface area contributed by atoms with Crippen molar-refractivity contribution in [1.82, 2.24) is 9.55 Å². The van der Waals surface area contributed by atoms with Crippen LogP contribution in [0.15, 0.2) is 24.5 Å². The first kappa shape index (κ1) is 13.1. The van der Waals surface area contributed by atoms with E-state index in [-0.39, 0.29) is 6.04 Å². The molecule has 0 fully saturated rings. The highest BCUT2D eigenvalue weighted by Gasteiger charge is 2.12. The Hall–Kier alpha value is -1.35. The van der Waals surface area contributed by atoms with Crippen molar-refractivity contribution in [2.75, 3.05) is 0 Å². The first-order chi connectivity index (χ1) is 8.61. The summed E-state index contributed by atoms with van der Waals surface area (Å²) in [5.41, 5.74) is 8.49. The van der Waals surface area contributed by atoms with Crippen molar-refractivity contribution in [1.29, 1.82) is 0 Å². The minimum Gasteiger partial charge on any atom is -0.332 e.